The highest BCUT2D eigenvalue weighted by Gasteiger charge is 2.72. The second-order valence-electron chi connectivity index (χ2n) is 13.1. The summed E-state index contributed by atoms with van der Waals surface area (Å²) in [6.45, 7) is 7.09. The molecule has 4 fully saturated rings. The van der Waals surface area contributed by atoms with Crippen molar-refractivity contribution in [2.24, 2.45) is 11.7 Å². The number of ether oxygens (including phenoxy) is 4. The zero-order valence-corrected chi connectivity index (χ0v) is 26.1. The highest BCUT2D eigenvalue weighted by molar-refractivity contribution is 6.00. The second-order valence-corrected chi connectivity index (χ2v) is 13.1. The molecule has 2 saturated heterocycles. The molecule has 0 unspecified atom stereocenters. The summed E-state index contributed by atoms with van der Waals surface area (Å²) in [5.74, 6) is -1.24. The summed E-state index contributed by atoms with van der Waals surface area (Å²) < 4.78 is 24.0. The summed E-state index contributed by atoms with van der Waals surface area (Å²) >= 11 is 0. The SMILES string of the molecule is CO[C@@H]1[C@H](OC(=O)N[C@H]2CC[C@H](N)CC2)CC[C@]2(CO2)[C@H]1[C@@]1(C)O[C@@H]1CC=C(C)C.O=C(O)c1ccc2ccccc2c1O. The highest BCUT2D eigenvalue weighted by atomic mass is 16.6. The number of hydrogen-bond acceptors (Lipinski definition) is 8. The largest absolute Gasteiger partial charge is 0.506 e. The first-order chi connectivity index (χ1) is 21.0. The predicted molar refractivity (Wildman–Crippen MR) is 166 cm³/mol. The summed E-state index contributed by atoms with van der Waals surface area (Å²) in [5, 5.41) is 22.8. The number of aromatic carboxylic acids is 1. The third-order valence-electron chi connectivity index (χ3n) is 9.72. The Bertz CT molecular complexity index is 1380. The van der Waals surface area contributed by atoms with Gasteiger partial charge >= 0.3 is 12.1 Å². The first-order valence-corrected chi connectivity index (χ1v) is 15.6. The topological polar surface area (TPSA) is 156 Å². The lowest BCUT2D eigenvalue weighted by Gasteiger charge is -2.42. The van der Waals surface area contributed by atoms with Crippen molar-refractivity contribution in [3.05, 3.63) is 53.6 Å². The molecule has 6 rings (SSSR count). The highest BCUT2D eigenvalue weighted by Crippen LogP contribution is 2.59. The van der Waals surface area contributed by atoms with Crippen molar-refractivity contribution in [1.82, 2.24) is 5.32 Å². The first kappa shape index (κ1) is 32.2. The fraction of sp³-hybridized carbons (Fsp3) is 0.588. The number of carboxylic acids is 1. The van der Waals surface area contributed by atoms with Gasteiger partial charge in [0.15, 0.2) is 0 Å². The van der Waals surface area contributed by atoms with Crippen molar-refractivity contribution in [3.8, 4) is 5.75 Å². The van der Waals surface area contributed by atoms with Crippen LogP contribution in [0.4, 0.5) is 4.79 Å². The lowest BCUT2D eigenvalue weighted by Crippen LogP contribution is -2.56. The number of rotatable bonds is 7. The van der Waals surface area contributed by atoms with Crippen LogP contribution in [0, 0.1) is 5.92 Å². The van der Waals surface area contributed by atoms with E-state index < -0.39 is 5.97 Å². The van der Waals surface area contributed by atoms with Crippen molar-refractivity contribution in [2.75, 3.05) is 13.7 Å². The van der Waals surface area contributed by atoms with E-state index in [0.29, 0.717) is 5.39 Å². The Labute approximate surface area is 258 Å². The molecule has 5 N–H and O–H groups in total. The molecule has 44 heavy (non-hydrogen) atoms. The van der Waals surface area contributed by atoms with Crippen LogP contribution in [0.3, 0.4) is 0 Å². The van der Waals surface area contributed by atoms with Gasteiger partial charge in [0.2, 0.25) is 0 Å². The summed E-state index contributed by atoms with van der Waals surface area (Å²) in [5.41, 5.74) is 6.67. The molecular weight excluding hydrogens is 564 g/mol. The number of fused-ring (bicyclic) bond motifs is 1. The van der Waals surface area contributed by atoms with E-state index in [4.69, 9.17) is 29.8 Å². The molecule has 2 aliphatic carbocycles. The van der Waals surface area contributed by atoms with E-state index in [1.807, 2.05) is 12.1 Å². The summed E-state index contributed by atoms with van der Waals surface area (Å²) in [4.78, 5) is 23.3. The van der Waals surface area contributed by atoms with Gasteiger partial charge in [-0.3, -0.25) is 0 Å². The number of amides is 1. The number of carbonyl (C=O) groups is 2. The van der Waals surface area contributed by atoms with Gasteiger partial charge in [-0.15, -0.1) is 0 Å². The summed E-state index contributed by atoms with van der Waals surface area (Å²) in [6.07, 6.45) is 7.68. The standard InChI is InChI=1S/C23H38N2O5.C11H8O3/c1-14(2)5-10-18-22(3,30-18)20-19(27-4)17(11-12-23(20)13-28-23)29-21(26)25-16-8-6-15(24)7-9-16;12-10-8-4-2-1-3-7(8)5-6-9(10)11(13)14/h5,15-20H,6-13,24H2,1-4H3,(H,25,26);1-6,12H,(H,13,14)/t15-,16-,17-,18-,19-,20-,22+,23+;/m1./s1. The van der Waals surface area contributed by atoms with Crippen LogP contribution in [-0.4, -0.2) is 77.6 Å². The van der Waals surface area contributed by atoms with Gasteiger partial charge in [-0.25, -0.2) is 9.59 Å². The minimum atomic E-state index is -1.12. The zero-order chi connectivity index (χ0) is 31.6. The third kappa shape index (κ3) is 6.88. The van der Waals surface area contributed by atoms with Gasteiger partial charge in [0.1, 0.15) is 34.7 Å². The molecule has 4 aliphatic rings. The van der Waals surface area contributed by atoms with E-state index in [1.165, 1.54) is 11.6 Å². The lowest BCUT2D eigenvalue weighted by atomic mass is 9.68. The van der Waals surface area contributed by atoms with Crippen LogP contribution in [0.2, 0.25) is 0 Å². The number of allylic oxidation sites excluding steroid dienone is 1. The number of nitrogens with one attached hydrogen (secondary N) is 1. The molecular formula is C34H46N2O8. The quantitative estimate of drug-likeness (QED) is 0.241. The van der Waals surface area contributed by atoms with Gasteiger partial charge in [0, 0.05) is 24.6 Å². The predicted octanol–water partition coefficient (Wildman–Crippen LogP) is 5.30. The summed E-state index contributed by atoms with van der Waals surface area (Å²) in [7, 11) is 1.70. The molecule has 1 amide bonds. The molecule has 0 radical (unpaired) electrons. The van der Waals surface area contributed by atoms with Gasteiger partial charge in [0.25, 0.3) is 0 Å². The van der Waals surface area contributed by atoms with Crippen molar-refractivity contribution in [2.45, 2.75) is 107 Å². The zero-order valence-electron chi connectivity index (χ0n) is 26.1. The smallest absolute Gasteiger partial charge is 0.407 e. The van der Waals surface area contributed by atoms with Crippen LogP contribution < -0.4 is 11.1 Å². The van der Waals surface area contributed by atoms with Crippen molar-refractivity contribution in [3.63, 3.8) is 0 Å². The Hall–Kier alpha value is -3.18. The molecule has 0 bridgehead atoms. The number of phenols is 1. The molecule has 10 nitrogen and oxygen atoms in total. The third-order valence-corrected chi connectivity index (χ3v) is 9.72. The van der Waals surface area contributed by atoms with Crippen LogP contribution >= 0.6 is 0 Å². The molecule has 2 heterocycles. The van der Waals surface area contributed by atoms with E-state index in [2.05, 4.69) is 32.2 Å². The fourth-order valence-corrected chi connectivity index (χ4v) is 7.10. The van der Waals surface area contributed by atoms with Crippen molar-refractivity contribution < 1.29 is 38.7 Å². The van der Waals surface area contributed by atoms with E-state index in [1.54, 1.807) is 25.3 Å². The molecule has 2 saturated carbocycles. The van der Waals surface area contributed by atoms with Gasteiger partial charge in [0.05, 0.1) is 18.6 Å². The molecule has 2 aliphatic heterocycles. The average Bonchev–Trinajstić information content (AvgIpc) is 3.91. The Morgan fingerprint density at radius 3 is 2.45 bits per heavy atom. The van der Waals surface area contributed by atoms with Gasteiger partial charge in [-0.05, 0) is 77.2 Å². The van der Waals surface area contributed by atoms with Crippen LogP contribution in [0.15, 0.2) is 48.0 Å². The molecule has 2 aromatic carbocycles. The normalized spacial score (nSPS) is 33.9. The number of carboxylic acid groups (broad SMARTS) is 1. The van der Waals surface area contributed by atoms with E-state index >= 15 is 0 Å². The minimum Gasteiger partial charge on any atom is -0.506 e. The van der Waals surface area contributed by atoms with Gasteiger partial charge < -0.3 is 40.2 Å². The van der Waals surface area contributed by atoms with Gasteiger partial charge in [-0.1, -0.05) is 42.0 Å². The maximum Gasteiger partial charge on any atom is 0.407 e. The first-order valence-electron chi connectivity index (χ1n) is 15.6. The van der Waals surface area contributed by atoms with E-state index in [9.17, 15) is 14.7 Å². The molecule has 10 heteroatoms. The monoisotopic (exact) mass is 610 g/mol. The van der Waals surface area contributed by atoms with Crippen molar-refractivity contribution in [1.29, 1.82) is 0 Å². The number of alkyl carbamates (subject to hydrolysis) is 1. The molecule has 6 atom stereocenters. The van der Waals surface area contributed by atoms with Crippen LogP contribution in [-0.2, 0) is 18.9 Å². The number of benzene rings is 2. The number of methoxy groups -OCH3 is 1. The molecule has 2 aromatic rings. The Kier molecular flexibility index (Phi) is 9.55. The summed E-state index contributed by atoms with van der Waals surface area (Å²) in [6, 6.07) is 10.6. The number of hydrogen-bond donors (Lipinski definition) is 4. The molecule has 240 valence electrons. The Balaban J connectivity index is 0.000000229. The number of epoxide rings is 2. The minimum absolute atomic E-state index is 0.0461. The van der Waals surface area contributed by atoms with E-state index in [0.717, 1.165) is 56.9 Å². The average molecular weight is 611 g/mol. The molecule has 1 spiro atoms. The Morgan fingerprint density at radius 1 is 1.11 bits per heavy atom. The van der Waals surface area contributed by atoms with E-state index in [-0.39, 0.29) is 64.9 Å². The van der Waals surface area contributed by atoms with Gasteiger partial charge in [-0.2, -0.15) is 0 Å². The number of carbonyl (C=O) groups excluding carboxylic acids is 1. The number of aromatic hydroxyl groups is 1. The maximum atomic E-state index is 12.6. The lowest BCUT2D eigenvalue weighted by molar-refractivity contribution is -0.118. The van der Waals surface area contributed by atoms with Crippen LogP contribution in [0.25, 0.3) is 10.8 Å². The molecule has 0 aromatic heterocycles. The van der Waals surface area contributed by atoms with Crippen LogP contribution in [0.5, 0.6) is 5.75 Å². The number of nitrogens with two attached hydrogens (primary N) is 1. The fourth-order valence-electron chi connectivity index (χ4n) is 7.10. The Morgan fingerprint density at radius 2 is 1.82 bits per heavy atom. The van der Waals surface area contributed by atoms with Crippen LogP contribution in [0.1, 0.15) is 76.1 Å². The maximum absolute atomic E-state index is 12.6. The van der Waals surface area contributed by atoms with Crippen molar-refractivity contribution >= 4 is 22.8 Å². The second kappa shape index (κ2) is 13.0.